The van der Waals surface area contributed by atoms with E-state index in [9.17, 15) is 4.39 Å². The zero-order chi connectivity index (χ0) is 20.1. The molecule has 148 valence electrons. The molecular formula is C23H19FN6. The molecular weight excluding hydrogens is 379 g/mol. The molecule has 30 heavy (non-hydrogen) atoms. The summed E-state index contributed by atoms with van der Waals surface area (Å²) in [5, 5.41) is 3.60. The van der Waals surface area contributed by atoms with Crippen LogP contribution in [0, 0.1) is 5.82 Å². The van der Waals surface area contributed by atoms with Gasteiger partial charge in [0.05, 0.1) is 6.20 Å². The zero-order valence-electron chi connectivity index (χ0n) is 16.2. The van der Waals surface area contributed by atoms with E-state index >= 15 is 0 Å². The van der Waals surface area contributed by atoms with Gasteiger partial charge in [-0.3, -0.25) is 9.38 Å². The van der Waals surface area contributed by atoms with Gasteiger partial charge in [-0.1, -0.05) is 29.8 Å². The van der Waals surface area contributed by atoms with Gasteiger partial charge < -0.3 is 5.32 Å². The number of fused-ring (bicyclic) bond motifs is 3. The number of hydrogen-bond acceptors (Lipinski definition) is 5. The summed E-state index contributed by atoms with van der Waals surface area (Å²) in [7, 11) is 0. The van der Waals surface area contributed by atoms with E-state index in [0.717, 1.165) is 25.7 Å². The van der Waals surface area contributed by atoms with Crippen molar-refractivity contribution in [2.24, 2.45) is 0 Å². The van der Waals surface area contributed by atoms with Crippen LogP contribution < -0.4 is 5.32 Å². The fourth-order valence-corrected chi connectivity index (χ4v) is 4.57. The Balaban J connectivity index is 1.34. The van der Waals surface area contributed by atoms with Gasteiger partial charge in [0.1, 0.15) is 5.82 Å². The molecule has 0 aliphatic heterocycles. The van der Waals surface area contributed by atoms with Gasteiger partial charge in [0.25, 0.3) is 0 Å². The summed E-state index contributed by atoms with van der Waals surface area (Å²) in [4.78, 5) is 17.4. The summed E-state index contributed by atoms with van der Waals surface area (Å²) >= 11 is 0. The van der Waals surface area contributed by atoms with Crippen LogP contribution in [0.15, 0.2) is 60.7 Å². The molecule has 6 nitrogen and oxygen atoms in total. The third-order valence-corrected chi connectivity index (χ3v) is 5.98. The van der Waals surface area contributed by atoms with Crippen LogP contribution in [0.4, 0.5) is 10.3 Å². The van der Waals surface area contributed by atoms with Crippen LogP contribution in [0.25, 0.3) is 22.7 Å². The summed E-state index contributed by atoms with van der Waals surface area (Å²) < 4.78 is 15.5. The van der Waals surface area contributed by atoms with Crippen LogP contribution >= 0.6 is 0 Å². The van der Waals surface area contributed by atoms with Gasteiger partial charge in [0.2, 0.25) is 11.7 Å². The Kier molecular flexibility index (Phi) is 3.87. The largest absolute Gasteiger partial charge is 0.352 e. The molecule has 7 heteroatoms. The highest BCUT2D eigenvalue weighted by atomic mass is 19.1. The van der Waals surface area contributed by atoms with Crippen molar-refractivity contribution < 1.29 is 4.39 Å². The van der Waals surface area contributed by atoms with Crippen molar-refractivity contribution >= 4 is 17.3 Å². The van der Waals surface area contributed by atoms with E-state index in [0.29, 0.717) is 23.1 Å². The van der Waals surface area contributed by atoms with Gasteiger partial charge in [-0.15, -0.1) is 0 Å². The Morgan fingerprint density at radius 3 is 3.00 bits per heavy atom. The zero-order valence-corrected chi connectivity index (χ0v) is 16.2. The topological polar surface area (TPSA) is 68.0 Å². The Labute approximate surface area is 172 Å². The number of pyridine rings is 1. The predicted molar refractivity (Wildman–Crippen MR) is 112 cm³/mol. The Bertz CT molecular complexity index is 1310. The third-order valence-electron chi connectivity index (χ3n) is 5.98. The normalized spacial score (nSPS) is 17.8. The molecule has 4 aromatic rings. The average Bonchev–Trinajstić information content (AvgIpc) is 3.38. The molecule has 0 bridgehead atoms. The lowest BCUT2D eigenvalue weighted by Crippen LogP contribution is -2.25. The summed E-state index contributed by atoms with van der Waals surface area (Å²) in [6.45, 7) is 0. The van der Waals surface area contributed by atoms with Gasteiger partial charge in [0, 0.05) is 30.2 Å². The number of anilines is 1. The lowest BCUT2D eigenvalue weighted by molar-refractivity contribution is 0.621. The molecule has 3 heterocycles. The smallest absolute Gasteiger partial charge is 0.238 e. The van der Waals surface area contributed by atoms with Crippen LogP contribution in [0.3, 0.4) is 0 Å². The van der Waals surface area contributed by atoms with Gasteiger partial charge >= 0.3 is 0 Å². The minimum Gasteiger partial charge on any atom is -0.352 e. The molecule has 0 radical (unpaired) electrons. The highest BCUT2D eigenvalue weighted by molar-refractivity contribution is 5.77. The Morgan fingerprint density at radius 2 is 2.07 bits per heavy atom. The highest BCUT2D eigenvalue weighted by Crippen LogP contribution is 2.42. The van der Waals surface area contributed by atoms with Crippen molar-refractivity contribution in [1.29, 1.82) is 0 Å². The van der Waals surface area contributed by atoms with Crippen molar-refractivity contribution in [1.82, 2.24) is 24.3 Å². The first-order valence-corrected chi connectivity index (χ1v) is 10.1. The number of imidazole rings is 1. The quantitative estimate of drug-likeness (QED) is 0.557. The number of hydrogen-bond donors (Lipinski definition) is 1. The maximum atomic E-state index is 13.7. The molecule has 0 unspecified atom stereocenters. The maximum absolute atomic E-state index is 13.7. The summed E-state index contributed by atoms with van der Waals surface area (Å²) in [6.07, 6.45) is 10.4. The van der Waals surface area contributed by atoms with Crippen LogP contribution in [0.2, 0.25) is 0 Å². The van der Waals surface area contributed by atoms with Gasteiger partial charge in [-0.05, 0) is 48.4 Å². The number of nitrogens with zero attached hydrogens (tertiary/aromatic N) is 5. The SMILES string of the molecule is Fc1cncc(-c2nc(N[C@@H]3CCC4=C(C3)c3ccccc3C4)n3ccnc3n2)c1. The molecule has 1 aromatic carbocycles. The minimum absolute atomic E-state index is 0.258. The van der Waals surface area contributed by atoms with E-state index < -0.39 is 5.82 Å². The standard InChI is InChI=1S/C23H19FN6/c24-17-10-16(12-25-13-17)21-28-22-26-7-8-30(22)23(29-21)27-18-6-5-15-9-14-3-1-2-4-19(14)20(15)11-18/h1-4,7-8,10,12-13,18H,5-6,9,11H2,(H,26,27,28,29)/t18-/m1/s1. The Morgan fingerprint density at radius 1 is 1.13 bits per heavy atom. The second-order valence-corrected chi connectivity index (χ2v) is 7.86. The van der Waals surface area contributed by atoms with Crippen molar-refractivity contribution in [3.05, 3.63) is 77.6 Å². The van der Waals surface area contributed by atoms with E-state index in [2.05, 4.69) is 49.5 Å². The van der Waals surface area contributed by atoms with Gasteiger partial charge in [-0.25, -0.2) is 9.37 Å². The summed E-state index contributed by atoms with van der Waals surface area (Å²) in [5.74, 6) is 1.18. The minimum atomic E-state index is -0.416. The number of allylic oxidation sites excluding steroid dienone is 1. The monoisotopic (exact) mass is 398 g/mol. The molecule has 2 aliphatic rings. The molecule has 0 fully saturated rings. The first-order valence-electron chi connectivity index (χ1n) is 10.1. The lowest BCUT2D eigenvalue weighted by atomic mass is 9.88. The number of rotatable bonds is 3. The molecule has 3 aromatic heterocycles. The molecule has 2 aliphatic carbocycles. The second kappa shape index (κ2) is 6.73. The number of aromatic nitrogens is 5. The lowest BCUT2D eigenvalue weighted by Gasteiger charge is -2.26. The van der Waals surface area contributed by atoms with Crippen LogP contribution in [0.5, 0.6) is 0 Å². The second-order valence-electron chi connectivity index (χ2n) is 7.86. The van der Waals surface area contributed by atoms with Crippen LogP contribution in [-0.2, 0) is 6.42 Å². The van der Waals surface area contributed by atoms with E-state index in [-0.39, 0.29) is 6.04 Å². The van der Waals surface area contributed by atoms with Crippen molar-refractivity contribution in [3.8, 4) is 11.4 Å². The summed E-state index contributed by atoms with van der Waals surface area (Å²) in [6, 6.07) is 10.3. The van der Waals surface area contributed by atoms with Gasteiger partial charge in [-0.2, -0.15) is 9.97 Å². The van der Waals surface area contributed by atoms with E-state index in [1.807, 2.05) is 10.6 Å². The first-order chi connectivity index (χ1) is 14.7. The fourth-order valence-electron chi connectivity index (χ4n) is 4.57. The molecule has 0 saturated heterocycles. The molecule has 0 saturated carbocycles. The Hall–Kier alpha value is -3.61. The highest BCUT2D eigenvalue weighted by Gasteiger charge is 2.28. The van der Waals surface area contributed by atoms with Crippen molar-refractivity contribution in [2.45, 2.75) is 31.7 Å². The number of halogens is 1. The maximum Gasteiger partial charge on any atom is 0.238 e. The van der Waals surface area contributed by atoms with Crippen molar-refractivity contribution in [2.75, 3.05) is 5.32 Å². The average molecular weight is 398 g/mol. The summed E-state index contributed by atoms with van der Waals surface area (Å²) in [5.41, 5.74) is 6.39. The first kappa shape index (κ1) is 17.3. The third kappa shape index (κ3) is 2.85. The molecule has 1 atom stereocenters. The molecule has 6 rings (SSSR count). The number of nitrogens with one attached hydrogen (secondary N) is 1. The van der Waals surface area contributed by atoms with Crippen LogP contribution in [-0.4, -0.2) is 30.4 Å². The van der Waals surface area contributed by atoms with Crippen LogP contribution in [0.1, 0.15) is 30.4 Å². The number of benzene rings is 1. The van der Waals surface area contributed by atoms with Gasteiger partial charge in [0.15, 0.2) is 5.82 Å². The van der Waals surface area contributed by atoms with E-state index in [1.165, 1.54) is 29.0 Å². The molecule has 1 N–H and O–H groups in total. The van der Waals surface area contributed by atoms with Crippen molar-refractivity contribution in [3.63, 3.8) is 0 Å². The van der Waals surface area contributed by atoms with E-state index in [1.54, 1.807) is 18.0 Å². The molecule has 0 spiro atoms. The molecule has 0 amide bonds. The van der Waals surface area contributed by atoms with E-state index in [4.69, 9.17) is 0 Å². The predicted octanol–water partition coefficient (Wildman–Crippen LogP) is 4.30. The fraction of sp³-hybridized carbons (Fsp3) is 0.217.